The first-order valence-corrected chi connectivity index (χ1v) is 12.6. The van der Waals surface area contributed by atoms with E-state index in [1.54, 1.807) is 0 Å². The number of anilines is 1. The summed E-state index contributed by atoms with van der Waals surface area (Å²) in [5.74, 6) is -0.452. The van der Waals surface area contributed by atoms with E-state index in [0.29, 0.717) is 23.5 Å². The average Bonchev–Trinajstić information content (AvgIpc) is 2.95. The van der Waals surface area contributed by atoms with E-state index < -0.39 is 11.5 Å². The van der Waals surface area contributed by atoms with Crippen LogP contribution in [0.1, 0.15) is 22.8 Å². The van der Waals surface area contributed by atoms with E-state index in [1.807, 2.05) is 91.9 Å². The number of carbonyl (C=O) groups excluding carboxylic acids is 1. The maximum Gasteiger partial charge on any atom is 0.280 e. The minimum absolute atomic E-state index is 0.0827. The van der Waals surface area contributed by atoms with Gasteiger partial charge in [0.2, 0.25) is 0 Å². The van der Waals surface area contributed by atoms with E-state index >= 15 is 0 Å². The molecule has 0 unspecified atom stereocenters. The standard InChI is InChI=1S/C30H30N4O3/c1-2-34-30(36)27(26(23-9-5-3-6-10-23)28(32-34)24-11-7-4-8-12-24)29(35)31-25-15-13-22(14-16-25)21-33-17-19-37-20-18-33/h3-16H,2,17-21H2,1H3,(H,31,35). The summed E-state index contributed by atoms with van der Waals surface area (Å²) >= 11 is 0. The molecule has 1 saturated heterocycles. The predicted molar refractivity (Wildman–Crippen MR) is 146 cm³/mol. The van der Waals surface area contributed by atoms with Gasteiger partial charge in [-0.1, -0.05) is 72.8 Å². The molecule has 4 aromatic rings. The molecule has 1 fully saturated rings. The summed E-state index contributed by atoms with van der Waals surface area (Å²) < 4.78 is 6.78. The number of carbonyl (C=O) groups is 1. The van der Waals surface area contributed by atoms with Gasteiger partial charge in [-0.25, -0.2) is 4.68 Å². The van der Waals surface area contributed by atoms with Crippen LogP contribution in [0.3, 0.4) is 0 Å². The maximum absolute atomic E-state index is 13.7. The number of nitrogens with zero attached hydrogens (tertiary/aromatic N) is 3. The molecular weight excluding hydrogens is 464 g/mol. The molecule has 5 rings (SSSR count). The number of nitrogens with one attached hydrogen (secondary N) is 1. The van der Waals surface area contributed by atoms with Crippen LogP contribution in [0.4, 0.5) is 5.69 Å². The Labute approximate surface area is 216 Å². The summed E-state index contributed by atoms with van der Waals surface area (Å²) in [6.45, 7) is 6.37. The molecule has 7 nitrogen and oxygen atoms in total. The normalized spacial score (nSPS) is 13.9. The number of aromatic nitrogens is 2. The number of aryl methyl sites for hydroxylation is 1. The lowest BCUT2D eigenvalue weighted by Crippen LogP contribution is -2.35. The molecule has 1 aromatic heterocycles. The zero-order chi connectivity index (χ0) is 25.6. The Kier molecular flexibility index (Phi) is 7.54. The third kappa shape index (κ3) is 5.53. The molecule has 7 heteroatoms. The summed E-state index contributed by atoms with van der Waals surface area (Å²) in [7, 11) is 0. The summed E-state index contributed by atoms with van der Waals surface area (Å²) in [4.78, 5) is 29.6. The Hall–Kier alpha value is -4.07. The molecule has 37 heavy (non-hydrogen) atoms. The molecule has 3 aromatic carbocycles. The van der Waals surface area contributed by atoms with Gasteiger partial charge in [0.25, 0.3) is 11.5 Å². The lowest BCUT2D eigenvalue weighted by atomic mass is 9.95. The van der Waals surface area contributed by atoms with Crippen LogP contribution in [0.2, 0.25) is 0 Å². The van der Waals surface area contributed by atoms with E-state index in [9.17, 15) is 9.59 Å². The second-order valence-corrected chi connectivity index (χ2v) is 8.99. The molecule has 1 aliphatic rings. The third-order valence-electron chi connectivity index (χ3n) is 6.51. The van der Waals surface area contributed by atoms with Gasteiger partial charge in [-0.15, -0.1) is 0 Å². The van der Waals surface area contributed by atoms with Crippen molar-refractivity contribution >= 4 is 11.6 Å². The van der Waals surface area contributed by atoms with Crippen LogP contribution in [0.15, 0.2) is 89.7 Å². The highest BCUT2D eigenvalue weighted by atomic mass is 16.5. The number of ether oxygens (including phenoxy) is 1. The molecule has 188 valence electrons. The number of rotatable bonds is 7. The van der Waals surface area contributed by atoms with Gasteiger partial charge in [-0.05, 0) is 30.2 Å². The van der Waals surface area contributed by atoms with E-state index in [1.165, 1.54) is 4.68 Å². The third-order valence-corrected chi connectivity index (χ3v) is 6.51. The lowest BCUT2D eigenvalue weighted by molar-refractivity contribution is 0.0342. The number of morpholine rings is 1. The first kappa shape index (κ1) is 24.6. The highest BCUT2D eigenvalue weighted by Gasteiger charge is 2.25. The van der Waals surface area contributed by atoms with Gasteiger partial charge < -0.3 is 10.1 Å². The molecule has 1 amide bonds. The molecule has 0 saturated carbocycles. The Balaban J connectivity index is 1.52. The molecule has 0 spiro atoms. The van der Waals surface area contributed by atoms with Crippen molar-refractivity contribution in [3.63, 3.8) is 0 Å². The first-order valence-electron chi connectivity index (χ1n) is 12.6. The van der Waals surface area contributed by atoms with E-state index in [-0.39, 0.29) is 5.56 Å². The highest BCUT2D eigenvalue weighted by molar-refractivity contribution is 6.10. The van der Waals surface area contributed by atoms with Crippen molar-refractivity contribution in [2.75, 3.05) is 31.6 Å². The van der Waals surface area contributed by atoms with Gasteiger partial charge in [0.1, 0.15) is 5.56 Å². The van der Waals surface area contributed by atoms with Crippen LogP contribution in [-0.4, -0.2) is 46.9 Å². The molecule has 2 heterocycles. The van der Waals surface area contributed by atoms with Gasteiger partial charge >= 0.3 is 0 Å². The molecule has 0 radical (unpaired) electrons. The molecular formula is C30H30N4O3. The van der Waals surface area contributed by atoms with Gasteiger partial charge in [-0.3, -0.25) is 14.5 Å². The Morgan fingerprint density at radius 1 is 0.892 bits per heavy atom. The molecule has 1 aliphatic heterocycles. The van der Waals surface area contributed by atoms with Crippen LogP contribution in [0, 0.1) is 0 Å². The Morgan fingerprint density at radius 2 is 1.51 bits per heavy atom. The molecule has 0 bridgehead atoms. The smallest absolute Gasteiger partial charge is 0.280 e. The van der Waals surface area contributed by atoms with Crippen molar-refractivity contribution in [2.24, 2.45) is 0 Å². The quantitative estimate of drug-likeness (QED) is 0.404. The Bertz CT molecular complexity index is 1410. The zero-order valence-corrected chi connectivity index (χ0v) is 20.9. The van der Waals surface area contributed by atoms with Gasteiger partial charge in [0.05, 0.1) is 18.9 Å². The van der Waals surface area contributed by atoms with Crippen molar-refractivity contribution in [3.05, 3.63) is 106 Å². The first-order chi connectivity index (χ1) is 18.1. The van der Waals surface area contributed by atoms with Crippen LogP contribution in [0.5, 0.6) is 0 Å². The topological polar surface area (TPSA) is 76.5 Å². The second kappa shape index (κ2) is 11.3. The monoisotopic (exact) mass is 494 g/mol. The fraction of sp³-hybridized carbons (Fsp3) is 0.233. The molecule has 1 N–H and O–H groups in total. The minimum Gasteiger partial charge on any atom is -0.379 e. The lowest BCUT2D eigenvalue weighted by Gasteiger charge is -2.26. The maximum atomic E-state index is 13.7. The molecule has 0 aliphatic carbocycles. The van der Waals surface area contributed by atoms with Gasteiger partial charge in [0, 0.05) is 43.0 Å². The van der Waals surface area contributed by atoms with Crippen molar-refractivity contribution in [1.29, 1.82) is 0 Å². The van der Waals surface area contributed by atoms with Crippen molar-refractivity contribution in [3.8, 4) is 22.4 Å². The fourth-order valence-electron chi connectivity index (χ4n) is 4.58. The number of hydrogen-bond donors (Lipinski definition) is 1. The van der Waals surface area contributed by atoms with Gasteiger partial charge in [0.15, 0.2) is 0 Å². The summed E-state index contributed by atoms with van der Waals surface area (Å²) in [6, 6.07) is 26.9. The van der Waals surface area contributed by atoms with Crippen LogP contribution in [0.25, 0.3) is 22.4 Å². The van der Waals surface area contributed by atoms with Crippen LogP contribution in [-0.2, 0) is 17.8 Å². The molecule has 0 atom stereocenters. The van der Waals surface area contributed by atoms with Crippen molar-refractivity contribution in [1.82, 2.24) is 14.7 Å². The second-order valence-electron chi connectivity index (χ2n) is 8.99. The largest absolute Gasteiger partial charge is 0.379 e. The predicted octanol–water partition coefficient (Wildman–Crippen LogP) is 4.68. The summed E-state index contributed by atoms with van der Waals surface area (Å²) in [5, 5.41) is 7.62. The van der Waals surface area contributed by atoms with Crippen LogP contribution < -0.4 is 10.9 Å². The van der Waals surface area contributed by atoms with E-state index in [4.69, 9.17) is 4.74 Å². The number of amides is 1. The fourth-order valence-corrected chi connectivity index (χ4v) is 4.58. The van der Waals surface area contributed by atoms with Gasteiger partial charge in [-0.2, -0.15) is 5.10 Å². The van der Waals surface area contributed by atoms with Crippen molar-refractivity contribution < 1.29 is 9.53 Å². The zero-order valence-electron chi connectivity index (χ0n) is 20.9. The number of benzene rings is 3. The number of hydrogen-bond acceptors (Lipinski definition) is 5. The SMILES string of the molecule is CCn1nc(-c2ccccc2)c(-c2ccccc2)c(C(=O)Nc2ccc(CN3CCOCC3)cc2)c1=O. The minimum atomic E-state index is -0.452. The summed E-state index contributed by atoms with van der Waals surface area (Å²) in [5.41, 5.74) is 4.19. The van der Waals surface area contributed by atoms with Crippen molar-refractivity contribution in [2.45, 2.75) is 20.0 Å². The van der Waals surface area contributed by atoms with E-state index in [2.05, 4.69) is 15.3 Å². The van der Waals surface area contributed by atoms with E-state index in [0.717, 1.165) is 49.5 Å². The summed E-state index contributed by atoms with van der Waals surface area (Å²) in [6.07, 6.45) is 0. The Morgan fingerprint density at radius 3 is 2.14 bits per heavy atom. The highest BCUT2D eigenvalue weighted by Crippen LogP contribution is 2.32. The van der Waals surface area contributed by atoms with Crippen LogP contribution >= 0.6 is 0 Å². The average molecular weight is 495 g/mol.